The van der Waals surface area contributed by atoms with Crippen LogP contribution in [-0.2, 0) is 0 Å². The third kappa shape index (κ3) is 4.07. The molecule has 128 valence electrons. The molecule has 1 aromatic carbocycles. The predicted molar refractivity (Wildman–Crippen MR) is 91.3 cm³/mol. The molecule has 1 aliphatic heterocycles. The van der Waals surface area contributed by atoms with E-state index in [-0.39, 0.29) is 5.82 Å². The number of aliphatic hydroxyl groups excluding tert-OH is 1. The number of hydrogen-bond acceptors (Lipinski definition) is 5. The largest absolute Gasteiger partial charge is 0.387 e. The maximum Gasteiger partial charge on any atom is 0.151 e. The first-order valence-electron chi connectivity index (χ1n) is 8.30. The van der Waals surface area contributed by atoms with Crippen molar-refractivity contribution in [1.29, 1.82) is 0 Å². The number of β-amino-alcohol motifs (C(OH)–C–C–N with tert-alkyl or cyclic N) is 1. The van der Waals surface area contributed by atoms with Gasteiger partial charge in [-0.25, -0.2) is 4.39 Å². The number of rotatable bonds is 5. The van der Waals surface area contributed by atoms with Crippen molar-refractivity contribution in [3.63, 3.8) is 0 Å². The minimum absolute atomic E-state index is 0.279. The zero-order chi connectivity index (χ0) is 16.9. The van der Waals surface area contributed by atoms with E-state index in [1.165, 1.54) is 12.1 Å². The van der Waals surface area contributed by atoms with Gasteiger partial charge in [0.2, 0.25) is 0 Å². The summed E-state index contributed by atoms with van der Waals surface area (Å²) < 4.78 is 13.0. The first-order chi connectivity index (χ1) is 11.6. The Morgan fingerprint density at radius 2 is 1.96 bits per heavy atom. The molecule has 0 saturated carbocycles. The van der Waals surface area contributed by atoms with Gasteiger partial charge >= 0.3 is 0 Å². The second-order valence-corrected chi connectivity index (χ2v) is 6.29. The first kappa shape index (κ1) is 16.8. The summed E-state index contributed by atoms with van der Waals surface area (Å²) in [6.07, 6.45) is 3.13. The van der Waals surface area contributed by atoms with Gasteiger partial charge in [0, 0.05) is 38.9 Å². The van der Waals surface area contributed by atoms with E-state index in [0.717, 1.165) is 37.3 Å². The Morgan fingerprint density at radius 1 is 1.25 bits per heavy atom. The normalized spacial score (nSPS) is 17.6. The van der Waals surface area contributed by atoms with Crippen molar-refractivity contribution >= 4 is 5.82 Å². The lowest BCUT2D eigenvalue weighted by molar-refractivity contribution is 0.0972. The van der Waals surface area contributed by atoms with Crippen LogP contribution >= 0.6 is 0 Å². The number of anilines is 1. The van der Waals surface area contributed by atoms with Crippen molar-refractivity contribution in [2.24, 2.45) is 0 Å². The molecule has 2 aromatic rings. The third-order valence-corrected chi connectivity index (χ3v) is 4.71. The molecule has 0 amide bonds. The van der Waals surface area contributed by atoms with Crippen LogP contribution in [0.1, 0.15) is 24.5 Å². The van der Waals surface area contributed by atoms with Gasteiger partial charge in [0.1, 0.15) is 5.82 Å². The number of hydrogen-bond donors (Lipinski definition) is 1. The second kappa shape index (κ2) is 7.68. The lowest BCUT2D eigenvalue weighted by atomic mass is 10.0. The molecule has 1 aliphatic rings. The number of aromatic nitrogens is 2. The minimum Gasteiger partial charge on any atom is -0.387 e. The summed E-state index contributed by atoms with van der Waals surface area (Å²) in [6, 6.07) is 10.4. The van der Waals surface area contributed by atoms with Gasteiger partial charge in [-0.05, 0) is 42.7 Å². The van der Waals surface area contributed by atoms with E-state index in [1.54, 1.807) is 18.3 Å². The summed E-state index contributed by atoms with van der Waals surface area (Å²) in [5, 5.41) is 18.4. The molecule has 1 saturated heterocycles. The monoisotopic (exact) mass is 330 g/mol. The summed E-state index contributed by atoms with van der Waals surface area (Å²) in [7, 11) is 2.05. The number of piperidine rings is 1. The number of halogens is 1. The zero-order valence-electron chi connectivity index (χ0n) is 13.8. The summed E-state index contributed by atoms with van der Waals surface area (Å²) in [4.78, 5) is 4.44. The molecule has 1 N–H and O–H groups in total. The van der Waals surface area contributed by atoms with Crippen LogP contribution in [0.5, 0.6) is 0 Å². The highest BCUT2D eigenvalue weighted by atomic mass is 19.1. The van der Waals surface area contributed by atoms with Gasteiger partial charge in [0.15, 0.2) is 5.82 Å². The number of benzene rings is 1. The maximum atomic E-state index is 13.0. The van der Waals surface area contributed by atoms with Crippen molar-refractivity contribution < 1.29 is 9.50 Å². The predicted octanol–water partition coefficient (Wildman–Crippen LogP) is 2.25. The van der Waals surface area contributed by atoms with Crippen LogP contribution in [0, 0.1) is 5.82 Å². The molecule has 1 atom stereocenters. The van der Waals surface area contributed by atoms with E-state index in [1.807, 2.05) is 12.1 Å². The van der Waals surface area contributed by atoms with E-state index in [4.69, 9.17) is 0 Å². The van der Waals surface area contributed by atoms with Gasteiger partial charge in [-0.15, -0.1) is 5.10 Å². The molecule has 24 heavy (non-hydrogen) atoms. The maximum absolute atomic E-state index is 13.0. The van der Waals surface area contributed by atoms with Gasteiger partial charge in [0.25, 0.3) is 0 Å². The first-order valence-corrected chi connectivity index (χ1v) is 8.30. The van der Waals surface area contributed by atoms with Gasteiger partial charge in [0.05, 0.1) is 6.10 Å². The van der Waals surface area contributed by atoms with Crippen LogP contribution < -0.4 is 4.90 Å². The highest BCUT2D eigenvalue weighted by Gasteiger charge is 2.24. The van der Waals surface area contributed by atoms with Crippen molar-refractivity contribution in [2.75, 3.05) is 31.6 Å². The highest BCUT2D eigenvalue weighted by Crippen LogP contribution is 2.22. The molecule has 0 spiro atoms. The standard InChI is InChI=1S/C18H23FN4O/c1-22(18-3-2-10-20-21-18)16-8-11-23(12-9-16)13-17(24)14-4-6-15(19)7-5-14/h2-7,10,16-17,24H,8-9,11-13H2,1H3. The van der Waals surface area contributed by atoms with E-state index < -0.39 is 6.10 Å². The quantitative estimate of drug-likeness (QED) is 0.911. The molecule has 0 radical (unpaired) electrons. The van der Waals surface area contributed by atoms with Crippen LogP contribution in [0.3, 0.4) is 0 Å². The van der Waals surface area contributed by atoms with Crippen molar-refractivity contribution in [3.8, 4) is 0 Å². The van der Waals surface area contributed by atoms with Crippen LogP contribution in [-0.4, -0.2) is 52.9 Å². The molecule has 5 nitrogen and oxygen atoms in total. The summed E-state index contributed by atoms with van der Waals surface area (Å²) >= 11 is 0. The smallest absolute Gasteiger partial charge is 0.151 e. The van der Waals surface area contributed by atoms with Gasteiger partial charge in [-0.3, -0.25) is 0 Å². The molecule has 3 rings (SSSR count). The Labute approximate surface area is 141 Å². The molecule has 1 aromatic heterocycles. The fraction of sp³-hybridized carbons (Fsp3) is 0.444. The van der Waals surface area contributed by atoms with E-state index in [0.29, 0.717) is 12.6 Å². The minimum atomic E-state index is -0.583. The highest BCUT2D eigenvalue weighted by molar-refractivity contribution is 5.36. The van der Waals surface area contributed by atoms with E-state index in [9.17, 15) is 9.50 Å². The van der Waals surface area contributed by atoms with Gasteiger partial charge in [-0.2, -0.15) is 5.10 Å². The fourth-order valence-electron chi connectivity index (χ4n) is 3.19. The lowest BCUT2D eigenvalue weighted by Gasteiger charge is -2.37. The van der Waals surface area contributed by atoms with Gasteiger partial charge < -0.3 is 14.9 Å². The molecule has 1 fully saturated rings. The SMILES string of the molecule is CN(c1cccnn1)C1CCN(CC(O)c2ccc(F)cc2)CC1. The molecular formula is C18H23FN4O. The number of aliphatic hydroxyl groups is 1. The Morgan fingerprint density at radius 3 is 2.58 bits per heavy atom. The van der Waals surface area contributed by atoms with Crippen LogP contribution in [0.2, 0.25) is 0 Å². The third-order valence-electron chi connectivity index (χ3n) is 4.71. The molecule has 0 aliphatic carbocycles. The number of likely N-dealkylation sites (tertiary alicyclic amines) is 1. The fourth-order valence-corrected chi connectivity index (χ4v) is 3.19. The average Bonchev–Trinajstić information content (AvgIpc) is 2.63. The van der Waals surface area contributed by atoms with Crippen LogP contribution in [0.25, 0.3) is 0 Å². The molecular weight excluding hydrogens is 307 g/mol. The Balaban J connectivity index is 1.51. The van der Waals surface area contributed by atoms with Crippen LogP contribution in [0.15, 0.2) is 42.6 Å². The topological polar surface area (TPSA) is 52.5 Å². The van der Waals surface area contributed by atoms with Crippen LogP contribution in [0.4, 0.5) is 10.2 Å². The summed E-state index contributed by atoms with van der Waals surface area (Å²) in [5.74, 6) is 0.612. The van der Waals surface area contributed by atoms with Gasteiger partial charge in [-0.1, -0.05) is 12.1 Å². The van der Waals surface area contributed by atoms with E-state index >= 15 is 0 Å². The van der Waals surface area contributed by atoms with Crippen molar-refractivity contribution in [1.82, 2.24) is 15.1 Å². The lowest BCUT2D eigenvalue weighted by Crippen LogP contribution is -2.44. The second-order valence-electron chi connectivity index (χ2n) is 6.29. The Kier molecular flexibility index (Phi) is 5.37. The Bertz CT molecular complexity index is 629. The Hall–Kier alpha value is -2.05. The molecule has 1 unspecified atom stereocenters. The van der Waals surface area contributed by atoms with E-state index in [2.05, 4.69) is 27.0 Å². The average molecular weight is 330 g/mol. The number of nitrogens with zero attached hydrogens (tertiary/aromatic N) is 4. The molecule has 0 bridgehead atoms. The summed E-state index contributed by atoms with van der Waals surface area (Å²) in [6.45, 7) is 2.42. The zero-order valence-corrected chi connectivity index (χ0v) is 13.8. The molecule has 6 heteroatoms. The molecule has 2 heterocycles. The van der Waals surface area contributed by atoms with Crippen molar-refractivity contribution in [2.45, 2.75) is 25.0 Å². The van der Waals surface area contributed by atoms with Crippen molar-refractivity contribution in [3.05, 3.63) is 54.0 Å². The summed E-state index contributed by atoms with van der Waals surface area (Å²) in [5.41, 5.74) is 0.759.